The van der Waals surface area contributed by atoms with Gasteiger partial charge in [0.1, 0.15) is 0 Å². The minimum atomic E-state index is 0.869. The highest BCUT2D eigenvalue weighted by molar-refractivity contribution is 5.97. The molecule has 0 amide bonds. The van der Waals surface area contributed by atoms with Crippen LogP contribution in [0.15, 0.2) is 41.7 Å². The number of oxime groups is 1. The number of nitrogens with zero attached hydrogens (tertiary/aromatic N) is 2. The normalized spacial score (nSPS) is 10.0. The van der Waals surface area contributed by atoms with Crippen LogP contribution in [-0.2, 0) is 0 Å². The van der Waals surface area contributed by atoms with Gasteiger partial charge in [0.05, 0.1) is 11.7 Å². The Hall–Kier alpha value is -1.90. The first-order valence-corrected chi connectivity index (χ1v) is 4.93. The third-order valence-electron chi connectivity index (χ3n) is 1.88. The fourth-order valence-electron chi connectivity index (χ4n) is 1.29. The second-order valence-corrected chi connectivity index (χ2v) is 2.66. The van der Waals surface area contributed by atoms with Crippen molar-refractivity contribution < 1.29 is 5.21 Å². The van der Waals surface area contributed by atoms with Crippen molar-refractivity contribution in [3.8, 4) is 0 Å². The number of pyridine rings is 1. The van der Waals surface area contributed by atoms with Gasteiger partial charge >= 0.3 is 0 Å². The summed E-state index contributed by atoms with van der Waals surface area (Å²) in [4.78, 5) is 4.18. The van der Waals surface area contributed by atoms with E-state index in [2.05, 4.69) is 10.1 Å². The van der Waals surface area contributed by atoms with Crippen LogP contribution in [0.25, 0.3) is 10.9 Å². The standard InChI is InChI=1S/C10H8N2O.C2H6/c13-12-7-8-5-6-11-10-4-2-1-3-9(8)10;1-2/h1-7,13H;1-2H3/b12-7-;. The van der Waals surface area contributed by atoms with Crippen molar-refractivity contribution in [2.45, 2.75) is 13.8 Å². The van der Waals surface area contributed by atoms with Crippen molar-refractivity contribution in [2.24, 2.45) is 5.16 Å². The lowest BCUT2D eigenvalue weighted by Gasteiger charge is -1.98. The van der Waals surface area contributed by atoms with E-state index in [0.29, 0.717) is 0 Å². The first-order chi connectivity index (χ1) is 7.42. The van der Waals surface area contributed by atoms with Gasteiger partial charge in [0, 0.05) is 17.1 Å². The van der Waals surface area contributed by atoms with Crippen LogP contribution in [0.4, 0.5) is 0 Å². The molecule has 3 heteroatoms. The summed E-state index contributed by atoms with van der Waals surface area (Å²) in [5.41, 5.74) is 1.77. The van der Waals surface area contributed by atoms with Crippen LogP contribution >= 0.6 is 0 Å². The SMILES string of the molecule is CC.O/N=C\c1ccnc2ccccc12. The molecule has 2 rings (SSSR count). The van der Waals surface area contributed by atoms with Crippen LogP contribution in [0.1, 0.15) is 19.4 Å². The molecule has 0 spiro atoms. The fraction of sp³-hybridized carbons (Fsp3) is 0.167. The summed E-state index contributed by atoms with van der Waals surface area (Å²) in [5.74, 6) is 0. The fourth-order valence-corrected chi connectivity index (χ4v) is 1.29. The van der Waals surface area contributed by atoms with Gasteiger partial charge in [-0.15, -0.1) is 0 Å². The highest BCUT2D eigenvalue weighted by Crippen LogP contribution is 2.13. The molecule has 0 aliphatic rings. The summed E-state index contributed by atoms with van der Waals surface area (Å²) < 4.78 is 0. The summed E-state index contributed by atoms with van der Waals surface area (Å²) in [7, 11) is 0. The lowest BCUT2D eigenvalue weighted by atomic mass is 10.1. The van der Waals surface area contributed by atoms with E-state index in [4.69, 9.17) is 5.21 Å². The molecule has 0 aliphatic carbocycles. The molecule has 15 heavy (non-hydrogen) atoms. The molecular weight excluding hydrogens is 188 g/mol. The molecule has 0 aliphatic heterocycles. The highest BCUT2D eigenvalue weighted by atomic mass is 16.4. The Morgan fingerprint density at radius 1 is 1.20 bits per heavy atom. The third-order valence-corrected chi connectivity index (χ3v) is 1.88. The number of benzene rings is 1. The summed E-state index contributed by atoms with van der Waals surface area (Å²) >= 11 is 0. The van der Waals surface area contributed by atoms with E-state index >= 15 is 0 Å². The van der Waals surface area contributed by atoms with Crippen LogP contribution in [0.3, 0.4) is 0 Å². The van der Waals surface area contributed by atoms with Gasteiger partial charge in [-0.3, -0.25) is 4.98 Å². The van der Waals surface area contributed by atoms with Crippen LogP contribution in [-0.4, -0.2) is 16.4 Å². The van der Waals surface area contributed by atoms with Gasteiger partial charge in [-0.25, -0.2) is 0 Å². The van der Waals surface area contributed by atoms with Gasteiger partial charge in [0.2, 0.25) is 0 Å². The number of aromatic nitrogens is 1. The van der Waals surface area contributed by atoms with Crippen molar-refractivity contribution in [2.75, 3.05) is 0 Å². The molecule has 0 saturated carbocycles. The molecule has 0 bridgehead atoms. The van der Waals surface area contributed by atoms with Crippen molar-refractivity contribution in [3.63, 3.8) is 0 Å². The van der Waals surface area contributed by atoms with Gasteiger partial charge in [-0.2, -0.15) is 0 Å². The maximum absolute atomic E-state index is 8.43. The summed E-state index contributed by atoms with van der Waals surface area (Å²) in [5, 5.41) is 12.4. The van der Waals surface area contributed by atoms with Crippen molar-refractivity contribution >= 4 is 17.1 Å². The van der Waals surface area contributed by atoms with E-state index in [0.717, 1.165) is 16.5 Å². The molecule has 0 radical (unpaired) electrons. The molecule has 1 N–H and O–H groups in total. The molecule has 1 aromatic heterocycles. The van der Waals surface area contributed by atoms with Gasteiger partial charge in [0.25, 0.3) is 0 Å². The molecule has 78 valence electrons. The predicted octanol–water partition coefficient (Wildman–Crippen LogP) is 3.07. The van der Waals surface area contributed by atoms with Gasteiger partial charge in [-0.1, -0.05) is 37.2 Å². The topological polar surface area (TPSA) is 45.5 Å². The van der Waals surface area contributed by atoms with E-state index < -0.39 is 0 Å². The van der Waals surface area contributed by atoms with E-state index in [9.17, 15) is 0 Å². The average Bonchev–Trinajstić information content (AvgIpc) is 2.33. The first kappa shape index (κ1) is 11.2. The maximum Gasteiger partial charge on any atom is 0.0741 e. The number of rotatable bonds is 1. The van der Waals surface area contributed by atoms with Crippen LogP contribution in [0.2, 0.25) is 0 Å². The monoisotopic (exact) mass is 202 g/mol. The smallest absolute Gasteiger partial charge is 0.0741 e. The van der Waals surface area contributed by atoms with E-state index in [-0.39, 0.29) is 0 Å². The van der Waals surface area contributed by atoms with E-state index in [1.54, 1.807) is 6.20 Å². The van der Waals surface area contributed by atoms with E-state index in [1.807, 2.05) is 44.2 Å². The van der Waals surface area contributed by atoms with Crippen LogP contribution in [0, 0.1) is 0 Å². The molecular formula is C12H14N2O. The maximum atomic E-state index is 8.43. The Kier molecular flexibility index (Phi) is 4.29. The molecule has 0 fully saturated rings. The Morgan fingerprint density at radius 3 is 2.67 bits per heavy atom. The Balaban J connectivity index is 0.000000531. The van der Waals surface area contributed by atoms with Crippen LogP contribution in [0.5, 0.6) is 0 Å². The quantitative estimate of drug-likeness (QED) is 0.439. The van der Waals surface area contributed by atoms with Crippen molar-refractivity contribution in [3.05, 3.63) is 42.1 Å². The Morgan fingerprint density at radius 2 is 1.93 bits per heavy atom. The van der Waals surface area contributed by atoms with Gasteiger partial charge in [0.15, 0.2) is 0 Å². The third kappa shape index (κ3) is 2.53. The highest BCUT2D eigenvalue weighted by Gasteiger charge is 1.97. The molecule has 0 saturated heterocycles. The summed E-state index contributed by atoms with van der Waals surface area (Å²) in [6.45, 7) is 4.00. The lowest BCUT2D eigenvalue weighted by Crippen LogP contribution is -1.86. The van der Waals surface area contributed by atoms with Gasteiger partial charge in [-0.05, 0) is 12.1 Å². The zero-order valence-corrected chi connectivity index (χ0v) is 8.88. The van der Waals surface area contributed by atoms with Gasteiger partial charge < -0.3 is 5.21 Å². The number of hydrogen-bond acceptors (Lipinski definition) is 3. The Labute approximate surface area is 89.1 Å². The summed E-state index contributed by atoms with van der Waals surface area (Å²) in [6, 6.07) is 9.53. The minimum absolute atomic E-state index is 0.869. The first-order valence-electron chi connectivity index (χ1n) is 4.93. The largest absolute Gasteiger partial charge is 0.411 e. The zero-order valence-electron chi connectivity index (χ0n) is 8.88. The number of fused-ring (bicyclic) bond motifs is 1. The molecule has 1 heterocycles. The molecule has 3 nitrogen and oxygen atoms in total. The van der Waals surface area contributed by atoms with Crippen molar-refractivity contribution in [1.82, 2.24) is 4.98 Å². The zero-order chi connectivity index (χ0) is 11.1. The molecule has 0 atom stereocenters. The van der Waals surface area contributed by atoms with Crippen molar-refractivity contribution in [1.29, 1.82) is 0 Å². The lowest BCUT2D eigenvalue weighted by molar-refractivity contribution is 0.322. The molecule has 2 aromatic rings. The summed E-state index contributed by atoms with van der Waals surface area (Å²) in [6.07, 6.45) is 3.10. The van der Waals surface area contributed by atoms with E-state index in [1.165, 1.54) is 6.21 Å². The number of para-hydroxylation sites is 1. The predicted molar refractivity (Wildman–Crippen MR) is 62.5 cm³/mol. The second kappa shape index (κ2) is 5.75. The average molecular weight is 202 g/mol. The molecule has 0 unspecified atom stereocenters. The van der Waals surface area contributed by atoms with Crippen LogP contribution < -0.4 is 0 Å². The number of hydrogen-bond donors (Lipinski definition) is 1. The minimum Gasteiger partial charge on any atom is -0.411 e. The second-order valence-electron chi connectivity index (χ2n) is 2.66. The molecule has 1 aromatic carbocycles. The Bertz CT molecular complexity index is 447.